The highest BCUT2D eigenvalue weighted by Gasteiger charge is 2.47. The molecule has 0 aromatic heterocycles. The third kappa shape index (κ3) is 14.6. The summed E-state index contributed by atoms with van der Waals surface area (Å²) in [6.07, 6.45) is 1.86. The largest absolute Gasteiger partial charge is 0.374 e. The lowest BCUT2D eigenvalue weighted by Crippen LogP contribution is -2.62. The first-order valence-electron chi connectivity index (χ1n) is 29.9. The quantitative estimate of drug-likeness (QED) is 0.0390. The van der Waals surface area contributed by atoms with Gasteiger partial charge in [0.05, 0.1) is 18.1 Å². The number of likely N-dealkylation sites (tertiary alicyclic amines) is 1. The maximum atomic E-state index is 16.1. The molecule has 84 heavy (non-hydrogen) atoms. The topological polar surface area (TPSA) is 205 Å². The highest BCUT2D eigenvalue weighted by Crippen LogP contribution is 2.37. The standard InChI is InChI=1S/C68H89N9O7/c1-42(69-10)60(78)73-58(67(4,5)6)65(83)76-40-51-29-19-18-28-50(51)37-56(76)64(82)75(44(3)57(47-24-14-12-15-25-47)48-26-16-13-17-27-48)39-45-33-35-49(36-34-45)62(80)71-52-38-55(63(81)72-54-32-22-30-46-23-20-21-31-53(46)54)77(41-52)66(84)59(68(7,8)9)74-61(79)43(2)70-11/h12-21,23-29,31,33-36,42-44,52,54-59,62,69-71,80H,22,30,32,37-41H2,1-11H3,(H,72,81)(H,73,78)(H,74,79)/t42-,43-,44?,52-,54?,55?,56?,58?,59?,62?/m0/s1. The van der Waals surface area contributed by atoms with Gasteiger partial charge in [-0.05, 0) is 116 Å². The number of nitrogens with one attached hydrogen (secondary N) is 6. The molecule has 3 aliphatic rings. The van der Waals surface area contributed by atoms with Gasteiger partial charge >= 0.3 is 0 Å². The fourth-order valence-corrected chi connectivity index (χ4v) is 12.2. The molecular weight excluding hydrogens is 1050 g/mol. The Balaban J connectivity index is 1.09. The number of amides is 6. The molecule has 1 saturated heterocycles. The minimum atomic E-state index is -1.21. The van der Waals surface area contributed by atoms with Crippen LogP contribution in [0.15, 0.2) is 133 Å². The van der Waals surface area contributed by atoms with Gasteiger partial charge in [0.25, 0.3) is 0 Å². The molecule has 1 fully saturated rings. The highest BCUT2D eigenvalue weighted by atomic mass is 16.3. The number of aliphatic hydroxyl groups excluding tert-OH is 1. The second kappa shape index (κ2) is 27.2. The first-order valence-corrected chi connectivity index (χ1v) is 29.9. The van der Waals surface area contributed by atoms with Crippen molar-refractivity contribution in [3.63, 3.8) is 0 Å². The molecule has 5 aromatic carbocycles. The average molecular weight is 1140 g/mol. The van der Waals surface area contributed by atoms with Gasteiger partial charge in [0, 0.05) is 44.1 Å². The number of carbonyl (C=O) groups excluding carboxylic acids is 6. The number of benzene rings is 5. The van der Waals surface area contributed by atoms with Crippen molar-refractivity contribution in [3.8, 4) is 0 Å². The Morgan fingerprint density at radius 2 is 1.13 bits per heavy atom. The van der Waals surface area contributed by atoms with Crippen molar-refractivity contribution >= 4 is 35.4 Å². The molecule has 7 unspecified atom stereocenters. The summed E-state index contributed by atoms with van der Waals surface area (Å²) >= 11 is 0. The smallest absolute Gasteiger partial charge is 0.246 e. The van der Waals surface area contributed by atoms with Crippen molar-refractivity contribution in [2.75, 3.05) is 20.6 Å². The van der Waals surface area contributed by atoms with Crippen molar-refractivity contribution in [1.29, 1.82) is 0 Å². The third-order valence-corrected chi connectivity index (χ3v) is 17.5. The number of likely N-dealkylation sites (N-methyl/N-ethyl adjacent to an activating group) is 2. The van der Waals surface area contributed by atoms with E-state index in [1.807, 2.05) is 150 Å². The van der Waals surface area contributed by atoms with Crippen LogP contribution in [0, 0.1) is 10.8 Å². The van der Waals surface area contributed by atoms with Crippen LogP contribution >= 0.6 is 0 Å². The number of aryl methyl sites for hydroxylation is 1. The summed E-state index contributed by atoms with van der Waals surface area (Å²) in [6.45, 7) is 17.4. The molecule has 10 atom stereocenters. The second-order valence-corrected chi connectivity index (χ2v) is 25.5. The number of hydrogen-bond acceptors (Lipinski definition) is 10. The summed E-state index contributed by atoms with van der Waals surface area (Å²) in [4.78, 5) is 92.8. The van der Waals surface area contributed by atoms with Crippen molar-refractivity contribution in [3.05, 3.63) is 178 Å². The lowest BCUT2D eigenvalue weighted by atomic mass is 9.83. The minimum Gasteiger partial charge on any atom is -0.374 e. The Kier molecular flexibility index (Phi) is 20.3. The Bertz CT molecular complexity index is 3050. The van der Waals surface area contributed by atoms with E-state index in [1.54, 1.807) is 37.7 Å². The van der Waals surface area contributed by atoms with E-state index in [0.29, 0.717) is 5.56 Å². The zero-order valence-corrected chi connectivity index (χ0v) is 50.9. The minimum absolute atomic E-state index is 0.0966. The molecule has 0 bridgehead atoms. The molecule has 1 aliphatic carbocycles. The van der Waals surface area contributed by atoms with E-state index in [1.165, 1.54) is 5.56 Å². The number of carbonyl (C=O) groups is 6. The van der Waals surface area contributed by atoms with Crippen LogP contribution in [0.25, 0.3) is 0 Å². The van der Waals surface area contributed by atoms with Gasteiger partial charge in [-0.2, -0.15) is 0 Å². The van der Waals surface area contributed by atoms with E-state index in [2.05, 4.69) is 69.2 Å². The fraction of sp³-hybridized carbons (Fsp3) is 0.471. The fourth-order valence-electron chi connectivity index (χ4n) is 12.2. The van der Waals surface area contributed by atoms with Gasteiger partial charge in [0.1, 0.15) is 30.4 Å². The molecule has 16 heteroatoms. The Morgan fingerprint density at radius 1 is 0.619 bits per heavy atom. The molecule has 2 heterocycles. The molecule has 0 radical (unpaired) electrons. The summed E-state index contributed by atoms with van der Waals surface area (Å²) in [5.41, 5.74) is 6.09. The molecular formula is C68H89N9O7. The van der Waals surface area contributed by atoms with Gasteiger partial charge in [-0.15, -0.1) is 0 Å². The van der Waals surface area contributed by atoms with Gasteiger partial charge in [-0.1, -0.05) is 175 Å². The van der Waals surface area contributed by atoms with Gasteiger partial charge in [-0.25, -0.2) is 0 Å². The molecule has 6 amide bonds. The maximum Gasteiger partial charge on any atom is 0.246 e. The highest BCUT2D eigenvalue weighted by molar-refractivity contribution is 5.95. The summed E-state index contributed by atoms with van der Waals surface area (Å²) in [5, 5.41) is 30.6. The van der Waals surface area contributed by atoms with Crippen molar-refractivity contribution < 1.29 is 33.9 Å². The normalized spacial score (nSPS) is 20.1. The van der Waals surface area contributed by atoms with Crippen LogP contribution in [0.3, 0.4) is 0 Å². The second-order valence-electron chi connectivity index (χ2n) is 25.5. The van der Waals surface area contributed by atoms with E-state index >= 15 is 9.59 Å². The van der Waals surface area contributed by atoms with Crippen molar-refractivity contribution in [2.45, 2.75) is 174 Å². The van der Waals surface area contributed by atoms with Crippen LogP contribution in [0.5, 0.6) is 0 Å². The van der Waals surface area contributed by atoms with E-state index in [-0.39, 0.29) is 79.9 Å². The summed E-state index contributed by atoms with van der Waals surface area (Å²) in [5.74, 6) is -2.20. The van der Waals surface area contributed by atoms with Crippen molar-refractivity contribution in [2.24, 2.45) is 10.8 Å². The Hall–Kier alpha value is -7.24. The Morgan fingerprint density at radius 3 is 1.68 bits per heavy atom. The average Bonchev–Trinajstić information content (AvgIpc) is 3.44. The van der Waals surface area contributed by atoms with E-state index in [0.717, 1.165) is 52.6 Å². The van der Waals surface area contributed by atoms with Crippen LogP contribution in [-0.4, -0.2) is 124 Å². The molecule has 0 spiro atoms. The maximum absolute atomic E-state index is 16.1. The molecule has 448 valence electrons. The first kappa shape index (κ1) is 62.8. The number of aliphatic hydroxyl groups is 1. The molecule has 8 rings (SSSR count). The lowest BCUT2D eigenvalue weighted by molar-refractivity contribution is -0.152. The monoisotopic (exact) mass is 1140 g/mol. The zero-order chi connectivity index (χ0) is 60.6. The summed E-state index contributed by atoms with van der Waals surface area (Å²) in [6, 6.07) is 37.6. The van der Waals surface area contributed by atoms with Crippen LogP contribution in [0.2, 0.25) is 0 Å². The van der Waals surface area contributed by atoms with Gasteiger partial charge in [0.2, 0.25) is 35.4 Å². The number of fused-ring (bicyclic) bond motifs is 2. The van der Waals surface area contributed by atoms with Crippen LogP contribution in [0.1, 0.15) is 144 Å². The van der Waals surface area contributed by atoms with E-state index in [4.69, 9.17) is 0 Å². The third-order valence-electron chi connectivity index (χ3n) is 17.5. The predicted molar refractivity (Wildman–Crippen MR) is 328 cm³/mol. The molecule has 7 N–H and O–H groups in total. The first-order chi connectivity index (χ1) is 40.0. The number of hydrogen-bond donors (Lipinski definition) is 7. The number of rotatable bonds is 20. The van der Waals surface area contributed by atoms with Gasteiger partial charge in [0.15, 0.2) is 0 Å². The molecule has 5 aromatic rings. The van der Waals surface area contributed by atoms with Crippen molar-refractivity contribution in [1.82, 2.24) is 46.6 Å². The lowest BCUT2D eigenvalue weighted by Gasteiger charge is -2.44. The summed E-state index contributed by atoms with van der Waals surface area (Å²) in [7, 11) is 3.37. The van der Waals surface area contributed by atoms with E-state index in [9.17, 15) is 24.3 Å². The van der Waals surface area contributed by atoms with Crippen LogP contribution in [-0.2, 0) is 54.7 Å². The van der Waals surface area contributed by atoms with Crippen LogP contribution in [0.4, 0.5) is 0 Å². The molecule has 16 nitrogen and oxygen atoms in total. The summed E-state index contributed by atoms with van der Waals surface area (Å²) < 4.78 is 0. The zero-order valence-electron chi connectivity index (χ0n) is 50.9. The van der Waals surface area contributed by atoms with E-state index < -0.39 is 65.4 Å². The molecule has 0 saturated carbocycles. The Labute approximate surface area is 497 Å². The predicted octanol–water partition coefficient (Wildman–Crippen LogP) is 7.21. The SMILES string of the molecule is CN[C@@H](C)C(=O)NC(C(=O)N1C[C@@H](NC(O)c2ccc(CN(C(=O)C3Cc4ccccc4CN3C(=O)C(NC(=O)[C@H](C)NC)C(C)(C)C)C(C)C(c3ccccc3)c3ccccc3)cc2)CC1C(=O)NC1CCCc2ccccc21)C(C)(C)C. The van der Waals surface area contributed by atoms with Gasteiger partial charge < -0.3 is 46.4 Å². The van der Waals surface area contributed by atoms with Crippen LogP contribution < -0.4 is 31.9 Å². The number of nitrogens with zero attached hydrogens (tertiary/aromatic N) is 3. The molecule has 2 aliphatic heterocycles. The van der Waals surface area contributed by atoms with Gasteiger partial charge in [-0.3, -0.25) is 34.1 Å².